The Morgan fingerprint density at radius 3 is 2.77 bits per heavy atom. The molecule has 8 heteroatoms. The number of piperidine rings is 1. The number of carbonyl (C=O) groups is 1. The molecule has 0 unspecified atom stereocenters. The van der Waals surface area contributed by atoms with E-state index < -0.39 is 0 Å². The van der Waals surface area contributed by atoms with Gasteiger partial charge in [-0.1, -0.05) is 19.1 Å². The number of likely N-dealkylation sites (tertiary alicyclic amines) is 1. The van der Waals surface area contributed by atoms with E-state index in [1.807, 2.05) is 17.9 Å². The minimum Gasteiger partial charge on any atom is -0.334 e. The molecule has 1 saturated heterocycles. The van der Waals surface area contributed by atoms with E-state index in [0.717, 1.165) is 46.8 Å². The molecule has 0 aliphatic carbocycles. The second kappa shape index (κ2) is 9.40. The first-order valence-corrected chi connectivity index (χ1v) is 11.6. The maximum Gasteiger partial charge on any atom is 0.274 e. The van der Waals surface area contributed by atoms with Crippen LogP contribution in [0.1, 0.15) is 47.4 Å². The van der Waals surface area contributed by atoms with Crippen molar-refractivity contribution in [2.24, 2.45) is 5.92 Å². The zero-order chi connectivity index (χ0) is 22.0. The van der Waals surface area contributed by atoms with Gasteiger partial charge in [0.1, 0.15) is 11.5 Å². The van der Waals surface area contributed by atoms with Crippen molar-refractivity contribution in [1.82, 2.24) is 19.9 Å². The quantitative estimate of drug-likeness (QED) is 0.468. The normalized spacial score (nSPS) is 18.9. The lowest BCUT2D eigenvalue weighted by Gasteiger charge is -2.40. The Hall–Kier alpha value is -2.38. The average molecular weight is 459 g/mol. The molecule has 5 nitrogen and oxygen atoms in total. The van der Waals surface area contributed by atoms with Gasteiger partial charge in [-0.15, -0.1) is 11.3 Å². The zero-order valence-corrected chi connectivity index (χ0v) is 19.1. The monoisotopic (exact) mass is 458 g/mol. The molecular formula is C23H24ClFN4OS. The molecule has 2 atom stereocenters. The van der Waals surface area contributed by atoms with Crippen molar-refractivity contribution in [3.8, 4) is 10.4 Å². The molecule has 31 heavy (non-hydrogen) atoms. The van der Waals surface area contributed by atoms with E-state index in [2.05, 4.69) is 21.9 Å². The van der Waals surface area contributed by atoms with Crippen LogP contribution in [-0.2, 0) is 6.42 Å². The molecule has 0 N–H and O–H groups in total. The number of carbonyl (C=O) groups excluding carboxylic acids is 1. The van der Waals surface area contributed by atoms with Gasteiger partial charge in [-0.25, -0.2) is 19.3 Å². The van der Waals surface area contributed by atoms with E-state index in [1.165, 1.54) is 23.5 Å². The first-order valence-electron chi connectivity index (χ1n) is 10.4. The molecule has 0 saturated carbocycles. The average Bonchev–Trinajstić information content (AvgIpc) is 3.14. The highest BCUT2D eigenvalue weighted by molar-refractivity contribution is 7.15. The molecule has 0 spiro atoms. The Morgan fingerprint density at radius 1 is 1.26 bits per heavy atom. The summed E-state index contributed by atoms with van der Waals surface area (Å²) in [5.74, 6) is 0.0255. The number of benzene rings is 1. The molecular weight excluding hydrogens is 435 g/mol. The van der Waals surface area contributed by atoms with Gasteiger partial charge >= 0.3 is 0 Å². The van der Waals surface area contributed by atoms with Gasteiger partial charge < -0.3 is 4.90 Å². The van der Waals surface area contributed by atoms with Crippen molar-refractivity contribution >= 4 is 28.8 Å². The van der Waals surface area contributed by atoms with E-state index in [0.29, 0.717) is 18.2 Å². The van der Waals surface area contributed by atoms with Crippen LogP contribution in [0.2, 0.25) is 5.28 Å². The summed E-state index contributed by atoms with van der Waals surface area (Å²) in [4.78, 5) is 29.2. The number of hydrogen-bond donors (Lipinski definition) is 0. The smallest absolute Gasteiger partial charge is 0.274 e. The molecule has 0 radical (unpaired) electrons. The third kappa shape index (κ3) is 4.93. The Kier molecular flexibility index (Phi) is 6.62. The Bertz CT molecular complexity index is 1070. The minimum absolute atomic E-state index is 0.0547. The Balaban J connectivity index is 1.59. The maximum atomic E-state index is 13.6. The van der Waals surface area contributed by atoms with E-state index in [4.69, 9.17) is 11.6 Å². The van der Waals surface area contributed by atoms with Crippen LogP contribution in [-0.4, -0.2) is 38.3 Å². The van der Waals surface area contributed by atoms with Crippen molar-refractivity contribution in [3.63, 3.8) is 0 Å². The Labute approximate surface area is 190 Å². The first kappa shape index (κ1) is 21.8. The molecule has 4 rings (SSSR count). The second-order valence-corrected chi connectivity index (χ2v) is 9.50. The van der Waals surface area contributed by atoms with Gasteiger partial charge in [-0.3, -0.25) is 4.79 Å². The number of aromatic nitrogens is 3. The molecule has 0 bridgehead atoms. The van der Waals surface area contributed by atoms with Gasteiger partial charge in [-0.2, -0.15) is 0 Å². The third-order valence-corrected chi connectivity index (χ3v) is 7.00. The summed E-state index contributed by atoms with van der Waals surface area (Å²) in [5, 5.41) is 1.06. The van der Waals surface area contributed by atoms with E-state index >= 15 is 0 Å². The number of nitrogens with zero attached hydrogens (tertiary/aromatic N) is 4. The van der Waals surface area contributed by atoms with Gasteiger partial charge in [0.25, 0.3) is 5.91 Å². The highest BCUT2D eigenvalue weighted by Crippen LogP contribution is 2.34. The van der Waals surface area contributed by atoms with Gasteiger partial charge in [0.15, 0.2) is 0 Å². The van der Waals surface area contributed by atoms with Crippen LogP contribution in [0.3, 0.4) is 0 Å². The number of hydrogen-bond acceptors (Lipinski definition) is 5. The van der Waals surface area contributed by atoms with Crippen LogP contribution in [0.5, 0.6) is 0 Å². The van der Waals surface area contributed by atoms with Crippen LogP contribution < -0.4 is 0 Å². The van der Waals surface area contributed by atoms with Gasteiger partial charge in [0.2, 0.25) is 5.28 Å². The highest BCUT2D eigenvalue weighted by atomic mass is 35.5. The van der Waals surface area contributed by atoms with Crippen LogP contribution >= 0.6 is 22.9 Å². The lowest BCUT2D eigenvalue weighted by molar-refractivity contribution is 0.0494. The lowest BCUT2D eigenvalue weighted by Crippen LogP contribution is -2.48. The molecule has 162 valence electrons. The summed E-state index contributed by atoms with van der Waals surface area (Å²) in [5.41, 5.74) is 2.15. The zero-order valence-electron chi connectivity index (χ0n) is 17.5. The SMILES string of the molecule is Cc1nc(C(=O)N2CCC[C@@H](C)[C@H]2CCc2ccnc(Cl)n2)c(-c2ccc(F)cc2)s1. The summed E-state index contributed by atoms with van der Waals surface area (Å²) in [6.07, 6.45) is 5.24. The number of rotatable bonds is 5. The second-order valence-electron chi connectivity index (χ2n) is 7.96. The van der Waals surface area contributed by atoms with Crippen molar-refractivity contribution in [3.05, 3.63) is 64.0 Å². The summed E-state index contributed by atoms with van der Waals surface area (Å²) in [6.45, 7) is 4.80. The lowest BCUT2D eigenvalue weighted by atomic mass is 9.87. The van der Waals surface area contributed by atoms with Crippen LogP contribution in [0.15, 0.2) is 36.5 Å². The van der Waals surface area contributed by atoms with Gasteiger partial charge in [-0.05, 0) is 73.9 Å². The number of thiazole rings is 1. The van der Waals surface area contributed by atoms with Crippen molar-refractivity contribution in [2.45, 2.75) is 45.6 Å². The first-order chi connectivity index (χ1) is 14.9. The van der Waals surface area contributed by atoms with E-state index in [9.17, 15) is 9.18 Å². The maximum absolute atomic E-state index is 13.6. The molecule has 1 aliphatic heterocycles. The fourth-order valence-corrected chi connectivity index (χ4v) is 5.33. The highest BCUT2D eigenvalue weighted by Gasteiger charge is 2.34. The van der Waals surface area contributed by atoms with Gasteiger partial charge in [0, 0.05) is 24.5 Å². The predicted molar refractivity (Wildman–Crippen MR) is 121 cm³/mol. The number of aryl methyl sites for hydroxylation is 2. The molecule has 3 heterocycles. The predicted octanol–water partition coefficient (Wildman–Crippen LogP) is 5.57. The Morgan fingerprint density at radius 2 is 2.03 bits per heavy atom. The van der Waals surface area contributed by atoms with E-state index in [-0.39, 0.29) is 23.0 Å². The third-order valence-electron chi connectivity index (χ3n) is 5.80. The largest absolute Gasteiger partial charge is 0.334 e. The molecule has 3 aromatic rings. The van der Waals surface area contributed by atoms with Crippen molar-refractivity contribution in [1.29, 1.82) is 0 Å². The van der Waals surface area contributed by atoms with Gasteiger partial charge in [0.05, 0.1) is 9.88 Å². The fraction of sp³-hybridized carbons (Fsp3) is 0.391. The van der Waals surface area contributed by atoms with E-state index in [1.54, 1.807) is 18.3 Å². The molecule has 1 fully saturated rings. The standard InChI is InChI=1S/C23H24ClFN4OS/c1-14-4-3-13-29(19(14)10-9-18-11-12-26-23(24)28-18)22(30)20-21(31-15(2)27-20)16-5-7-17(25)8-6-16/h5-8,11-12,14,19H,3-4,9-10,13H2,1-2H3/t14-,19-/m1/s1. The minimum atomic E-state index is -0.299. The summed E-state index contributed by atoms with van der Waals surface area (Å²) < 4.78 is 13.4. The summed E-state index contributed by atoms with van der Waals surface area (Å²) in [6, 6.07) is 8.19. The topological polar surface area (TPSA) is 59.0 Å². The summed E-state index contributed by atoms with van der Waals surface area (Å²) >= 11 is 7.39. The molecule has 1 aromatic carbocycles. The molecule has 1 amide bonds. The van der Waals surface area contributed by atoms with Crippen LogP contribution in [0.25, 0.3) is 10.4 Å². The number of halogens is 2. The van der Waals surface area contributed by atoms with Crippen molar-refractivity contribution < 1.29 is 9.18 Å². The fourth-order valence-electron chi connectivity index (χ4n) is 4.25. The number of amides is 1. The van der Waals surface area contributed by atoms with Crippen LogP contribution in [0, 0.1) is 18.7 Å². The molecule has 2 aromatic heterocycles. The van der Waals surface area contributed by atoms with Crippen LogP contribution in [0.4, 0.5) is 4.39 Å². The summed E-state index contributed by atoms with van der Waals surface area (Å²) in [7, 11) is 0. The molecule has 1 aliphatic rings. The van der Waals surface area contributed by atoms with Crippen molar-refractivity contribution in [2.75, 3.05) is 6.54 Å².